The van der Waals surface area contributed by atoms with E-state index in [1.165, 1.54) is 17.7 Å². The Morgan fingerprint density at radius 2 is 2.08 bits per heavy atom. The van der Waals surface area contributed by atoms with E-state index in [4.69, 9.17) is 5.11 Å². The highest BCUT2D eigenvalue weighted by atomic mass is 16.4. The SMILES string of the molecule is O=C(O)N1CCC(NC2CC2)C1. The number of likely N-dealkylation sites (tertiary alicyclic amines) is 1. The van der Waals surface area contributed by atoms with E-state index in [1.807, 2.05) is 0 Å². The second kappa shape index (κ2) is 2.94. The van der Waals surface area contributed by atoms with Crippen LogP contribution >= 0.6 is 0 Å². The van der Waals surface area contributed by atoms with Gasteiger partial charge in [-0.15, -0.1) is 0 Å². The fourth-order valence-electron chi connectivity index (χ4n) is 1.65. The fourth-order valence-corrected chi connectivity index (χ4v) is 1.65. The quantitative estimate of drug-likeness (QED) is 0.634. The lowest BCUT2D eigenvalue weighted by molar-refractivity contribution is 0.154. The molecule has 1 atom stereocenters. The maximum Gasteiger partial charge on any atom is 0.407 e. The van der Waals surface area contributed by atoms with Crippen molar-refractivity contribution in [2.24, 2.45) is 0 Å². The van der Waals surface area contributed by atoms with Crippen molar-refractivity contribution in [2.75, 3.05) is 13.1 Å². The maximum atomic E-state index is 10.5. The molecule has 2 fully saturated rings. The molecule has 0 aromatic carbocycles. The van der Waals surface area contributed by atoms with Gasteiger partial charge in [0.05, 0.1) is 0 Å². The van der Waals surface area contributed by atoms with Crippen LogP contribution in [0.15, 0.2) is 0 Å². The van der Waals surface area contributed by atoms with E-state index in [0.29, 0.717) is 25.2 Å². The zero-order valence-electron chi connectivity index (χ0n) is 6.99. The first-order chi connectivity index (χ1) is 5.75. The van der Waals surface area contributed by atoms with Gasteiger partial charge in [-0.05, 0) is 19.3 Å². The van der Waals surface area contributed by atoms with Crippen molar-refractivity contribution in [2.45, 2.75) is 31.3 Å². The average molecular weight is 170 g/mol. The first-order valence-corrected chi connectivity index (χ1v) is 4.49. The Morgan fingerprint density at radius 3 is 2.58 bits per heavy atom. The summed E-state index contributed by atoms with van der Waals surface area (Å²) in [6, 6.07) is 1.09. The second-order valence-corrected chi connectivity index (χ2v) is 3.66. The molecule has 0 bridgehead atoms. The molecule has 1 unspecified atom stereocenters. The molecular formula is C8H14N2O2. The van der Waals surface area contributed by atoms with Gasteiger partial charge < -0.3 is 15.3 Å². The van der Waals surface area contributed by atoms with Crippen molar-refractivity contribution >= 4 is 6.09 Å². The summed E-state index contributed by atoms with van der Waals surface area (Å²) in [5, 5.41) is 12.1. The molecule has 1 aliphatic heterocycles. The summed E-state index contributed by atoms with van der Waals surface area (Å²) < 4.78 is 0. The van der Waals surface area contributed by atoms with E-state index in [-0.39, 0.29) is 0 Å². The molecule has 0 radical (unpaired) electrons. The molecule has 1 aliphatic carbocycles. The van der Waals surface area contributed by atoms with E-state index in [9.17, 15) is 4.79 Å². The first-order valence-electron chi connectivity index (χ1n) is 4.49. The van der Waals surface area contributed by atoms with Gasteiger partial charge in [0, 0.05) is 25.2 Å². The highest BCUT2D eigenvalue weighted by Gasteiger charge is 2.30. The third kappa shape index (κ3) is 1.69. The Hall–Kier alpha value is -0.770. The topological polar surface area (TPSA) is 52.6 Å². The van der Waals surface area contributed by atoms with Gasteiger partial charge in [-0.1, -0.05) is 0 Å². The highest BCUT2D eigenvalue weighted by Crippen LogP contribution is 2.21. The van der Waals surface area contributed by atoms with Crippen molar-refractivity contribution in [1.29, 1.82) is 0 Å². The normalized spacial score (nSPS) is 29.3. The second-order valence-electron chi connectivity index (χ2n) is 3.66. The number of hydrogen-bond acceptors (Lipinski definition) is 2. The summed E-state index contributed by atoms with van der Waals surface area (Å²) in [5.74, 6) is 0. The Bertz CT molecular complexity index is 191. The van der Waals surface area contributed by atoms with E-state index in [1.54, 1.807) is 0 Å². The van der Waals surface area contributed by atoms with E-state index < -0.39 is 6.09 Å². The van der Waals surface area contributed by atoms with Gasteiger partial charge in [-0.2, -0.15) is 0 Å². The van der Waals surface area contributed by atoms with Crippen LogP contribution in [0.25, 0.3) is 0 Å². The molecule has 12 heavy (non-hydrogen) atoms. The van der Waals surface area contributed by atoms with Gasteiger partial charge in [0.1, 0.15) is 0 Å². The zero-order chi connectivity index (χ0) is 8.55. The third-order valence-electron chi connectivity index (χ3n) is 2.51. The number of carboxylic acid groups (broad SMARTS) is 1. The minimum atomic E-state index is -0.782. The lowest BCUT2D eigenvalue weighted by Gasteiger charge is -2.12. The van der Waals surface area contributed by atoms with Crippen LogP contribution in [0.2, 0.25) is 0 Å². The minimum Gasteiger partial charge on any atom is -0.465 e. The molecule has 2 rings (SSSR count). The van der Waals surface area contributed by atoms with E-state index in [0.717, 1.165) is 6.42 Å². The van der Waals surface area contributed by atoms with Gasteiger partial charge in [-0.25, -0.2) is 4.79 Å². The molecular weight excluding hydrogens is 156 g/mol. The van der Waals surface area contributed by atoms with Crippen molar-refractivity contribution in [3.05, 3.63) is 0 Å². The van der Waals surface area contributed by atoms with Crippen LogP contribution < -0.4 is 5.32 Å². The number of rotatable bonds is 2. The fraction of sp³-hybridized carbons (Fsp3) is 0.875. The van der Waals surface area contributed by atoms with E-state index >= 15 is 0 Å². The van der Waals surface area contributed by atoms with Crippen LogP contribution in [0, 0.1) is 0 Å². The zero-order valence-corrected chi connectivity index (χ0v) is 6.99. The molecule has 0 aromatic heterocycles. The molecule has 1 saturated heterocycles. The molecule has 1 amide bonds. The largest absolute Gasteiger partial charge is 0.465 e. The van der Waals surface area contributed by atoms with Crippen molar-refractivity contribution in [1.82, 2.24) is 10.2 Å². The van der Waals surface area contributed by atoms with Crippen molar-refractivity contribution in [3.63, 3.8) is 0 Å². The maximum absolute atomic E-state index is 10.5. The van der Waals surface area contributed by atoms with Crippen LogP contribution in [0.3, 0.4) is 0 Å². The summed E-state index contributed by atoms with van der Waals surface area (Å²) in [5.41, 5.74) is 0. The van der Waals surface area contributed by atoms with Gasteiger partial charge in [0.2, 0.25) is 0 Å². The Labute approximate surface area is 71.5 Å². The highest BCUT2D eigenvalue weighted by molar-refractivity contribution is 5.65. The Kier molecular flexibility index (Phi) is 1.92. The third-order valence-corrected chi connectivity index (χ3v) is 2.51. The monoisotopic (exact) mass is 170 g/mol. The smallest absolute Gasteiger partial charge is 0.407 e. The predicted octanol–water partition coefficient (Wildman–Crippen LogP) is 0.491. The van der Waals surface area contributed by atoms with Crippen molar-refractivity contribution < 1.29 is 9.90 Å². The lowest BCUT2D eigenvalue weighted by atomic mass is 10.2. The first kappa shape index (κ1) is 7.86. The van der Waals surface area contributed by atoms with Gasteiger partial charge in [0.25, 0.3) is 0 Å². The number of carbonyl (C=O) groups is 1. The van der Waals surface area contributed by atoms with Gasteiger partial charge in [0.15, 0.2) is 0 Å². The molecule has 0 aromatic rings. The minimum absolute atomic E-state index is 0.411. The van der Waals surface area contributed by atoms with Gasteiger partial charge in [-0.3, -0.25) is 0 Å². The molecule has 2 N–H and O–H groups in total. The van der Waals surface area contributed by atoms with Crippen LogP contribution in [-0.4, -0.2) is 41.3 Å². The molecule has 68 valence electrons. The summed E-state index contributed by atoms with van der Waals surface area (Å²) in [6.45, 7) is 1.37. The van der Waals surface area contributed by atoms with Crippen LogP contribution in [-0.2, 0) is 0 Å². The number of amides is 1. The van der Waals surface area contributed by atoms with Crippen LogP contribution in [0.1, 0.15) is 19.3 Å². The standard InChI is InChI=1S/C8H14N2O2/c11-8(12)10-4-3-7(5-10)9-6-1-2-6/h6-7,9H,1-5H2,(H,11,12). The molecule has 1 saturated carbocycles. The Morgan fingerprint density at radius 1 is 1.33 bits per heavy atom. The lowest BCUT2D eigenvalue weighted by Crippen LogP contribution is -2.35. The molecule has 4 heteroatoms. The summed E-state index contributed by atoms with van der Waals surface area (Å²) >= 11 is 0. The number of nitrogens with one attached hydrogen (secondary N) is 1. The van der Waals surface area contributed by atoms with Crippen molar-refractivity contribution in [3.8, 4) is 0 Å². The summed E-state index contributed by atoms with van der Waals surface area (Å²) in [6.07, 6.45) is 2.73. The molecule has 1 heterocycles. The molecule has 4 nitrogen and oxygen atoms in total. The summed E-state index contributed by atoms with van der Waals surface area (Å²) in [7, 11) is 0. The van der Waals surface area contributed by atoms with Gasteiger partial charge >= 0.3 is 6.09 Å². The van der Waals surface area contributed by atoms with E-state index in [2.05, 4.69) is 5.32 Å². The number of hydrogen-bond donors (Lipinski definition) is 2. The molecule has 0 spiro atoms. The average Bonchev–Trinajstić information content (AvgIpc) is 2.66. The summed E-state index contributed by atoms with van der Waals surface area (Å²) in [4.78, 5) is 12.0. The van der Waals surface area contributed by atoms with Crippen LogP contribution in [0.4, 0.5) is 4.79 Å². The molecule has 2 aliphatic rings. The predicted molar refractivity (Wildman–Crippen MR) is 44.2 cm³/mol. The van der Waals surface area contributed by atoms with Crippen LogP contribution in [0.5, 0.6) is 0 Å². The Balaban J connectivity index is 1.76. The number of nitrogens with zero attached hydrogens (tertiary/aromatic N) is 1.